The Balaban J connectivity index is 3.23. The quantitative estimate of drug-likeness (QED) is 0.864. The van der Waals surface area contributed by atoms with Crippen LogP contribution in [0.25, 0.3) is 0 Å². The third-order valence-electron chi connectivity index (χ3n) is 3.21. The van der Waals surface area contributed by atoms with E-state index in [0.29, 0.717) is 17.7 Å². The van der Waals surface area contributed by atoms with Gasteiger partial charge in [0.05, 0.1) is 16.8 Å². The van der Waals surface area contributed by atoms with E-state index in [0.717, 1.165) is 5.56 Å². The fraction of sp³-hybridized carbons (Fsp3) is 0.571. The second-order valence-electron chi connectivity index (χ2n) is 4.62. The number of hydrogen-bond acceptors (Lipinski definition) is 3. The van der Waals surface area contributed by atoms with E-state index in [4.69, 9.17) is 0 Å². The van der Waals surface area contributed by atoms with Crippen molar-refractivity contribution in [2.45, 2.75) is 50.5 Å². The third-order valence-corrected chi connectivity index (χ3v) is 5.20. The first kappa shape index (κ1) is 15.2. The number of rotatable bonds is 6. The van der Waals surface area contributed by atoms with Gasteiger partial charge >= 0.3 is 0 Å². The van der Waals surface area contributed by atoms with Crippen molar-refractivity contribution in [2.75, 3.05) is 5.75 Å². The van der Waals surface area contributed by atoms with E-state index in [-0.39, 0.29) is 11.7 Å². The van der Waals surface area contributed by atoms with Gasteiger partial charge < -0.3 is 5.11 Å². The Morgan fingerprint density at radius 3 is 2.39 bits per heavy atom. The van der Waals surface area contributed by atoms with Crippen LogP contribution in [0.3, 0.4) is 0 Å². The average molecular weight is 270 g/mol. The lowest BCUT2D eigenvalue weighted by molar-refractivity contribution is 0.144. The lowest BCUT2D eigenvalue weighted by Gasteiger charge is -2.20. The maximum absolute atomic E-state index is 12.2. The van der Waals surface area contributed by atoms with Crippen LogP contribution in [0.2, 0.25) is 0 Å². The second-order valence-corrected chi connectivity index (χ2v) is 6.70. The van der Waals surface area contributed by atoms with E-state index in [2.05, 4.69) is 0 Å². The minimum absolute atomic E-state index is 0.152. The van der Waals surface area contributed by atoms with Gasteiger partial charge in [-0.2, -0.15) is 0 Å². The van der Waals surface area contributed by atoms with E-state index in [9.17, 15) is 13.5 Å². The maximum atomic E-state index is 12.2. The third kappa shape index (κ3) is 3.33. The normalized spacial score (nSPS) is 15.3. The number of sulfone groups is 1. The van der Waals surface area contributed by atoms with Gasteiger partial charge in [0.1, 0.15) is 0 Å². The summed E-state index contributed by atoms with van der Waals surface area (Å²) in [4.78, 5) is 0.367. The standard InChI is InChI=1S/C14H22O3S/c1-4-10-18(16,17)14-9-7-6-8-12(14)11(3)13(15)5-2/h6-9,11,13,15H,4-5,10H2,1-3H3. The first-order valence-corrected chi connectivity index (χ1v) is 8.09. The zero-order valence-electron chi connectivity index (χ0n) is 11.3. The van der Waals surface area contributed by atoms with Crippen LogP contribution in [0.4, 0.5) is 0 Å². The Morgan fingerprint density at radius 2 is 1.83 bits per heavy atom. The molecule has 0 aliphatic heterocycles. The van der Waals surface area contributed by atoms with E-state index in [1.165, 1.54) is 0 Å². The summed E-state index contributed by atoms with van der Waals surface area (Å²) >= 11 is 0. The summed E-state index contributed by atoms with van der Waals surface area (Å²) in [6.45, 7) is 5.61. The largest absolute Gasteiger partial charge is 0.393 e. The van der Waals surface area contributed by atoms with Crippen LogP contribution in [0, 0.1) is 0 Å². The van der Waals surface area contributed by atoms with Crippen molar-refractivity contribution in [1.29, 1.82) is 0 Å². The molecule has 102 valence electrons. The Morgan fingerprint density at radius 1 is 1.22 bits per heavy atom. The van der Waals surface area contributed by atoms with Crippen LogP contribution in [0.5, 0.6) is 0 Å². The zero-order valence-corrected chi connectivity index (χ0v) is 12.1. The van der Waals surface area contributed by atoms with Gasteiger partial charge in [0, 0.05) is 5.92 Å². The molecule has 18 heavy (non-hydrogen) atoms. The van der Waals surface area contributed by atoms with Gasteiger partial charge in [0.15, 0.2) is 9.84 Å². The monoisotopic (exact) mass is 270 g/mol. The van der Waals surface area contributed by atoms with Crippen molar-refractivity contribution in [1.82, 2.24) is 0 Å². The van der Waals surface area contributed by atoms with Gasteiger partial charge in [0.2, 0.25) is 0 Å². The molecule has 3 nitrogen and oxygen atoms in total. The van der Waals surface area contributed by atoms with Gasteiger partial charge in [-0.25, -0.2) is 8.42 Å². The maximum Gasteiger partial charge on any atom is 0.178 e. The minimum atomic E-state index is -3.24. The van der Waals surface area contributed by atoms with Crippen LogP contribution >= 0.6 is 0 Å². The van der Waals surface area contributed by atoms with Crippen LogP contribution in [0.15, 0.2) is 29.2 Å². The van der Waals surface area contributed by atoms with Gasteiger partial charge in [-0.05, 0) is 24.5 Å². The predicted molar refractivity (Wildman–Crippen MR) is 73.5 cm³/mol. The molecule has 1 rings (SSSR count). The molecule has 2 unspecified atom stereocenters. The van der Waals surface area contributed by atoms with Crippen molar-refractivity contribution in [2.24, 2.45) is 0 Å². The van der Waals surface area contributed by atoms with E-state index in [1.54, 1.807) is 18.2 Å². The molecule has 1 N–H and O–H groups in total. The summed E-state index contributed by atoms with van der Waals surface area (Å²) in [7, 11) is -3.24. The Kier molecular flexibility index (Phi) is 5.35. The second kappa shape index (κ2) is 6.34. The van der Waals surface area contributed by atoms with Gasteiger partial charge in [0.25, 0.3) is 0 Å². The Labute approximate surface area is 110 Å². The predicted octanol–water partition coefficient (Wildman–Crippen LogP) is 2.74. The summed E-state index contributed by atoms with van der Waals surface area (Å²) in [5.74, 6) is -0.0169. The fourth-order valence-electron chi connectivity index (χ4n) is 2.08. The molecule has 0 bridgehead atoms. The topological polar surface area (TPSA) is 54.4 Å². The molecule has 0 radical (unpaired) electrons. The summed E-state index contributed by atoms with van der Waals surface area (Å²) < 4.78 is 24.4. The molecule has 0 fully saturated rings. The summed E-state index contributed by atoms with van der Waals surface area (Å²) in [6.07, 6.45) is 0.702. The molecular weight excluding hydrogens is 248 g/mol. The van der Waals surface area contributed by atoms with Gasteiger partial charge in [-0.3, -0.25) is 0 Å². The number of hydrogen-bond donors (Lipinski definition) is 1. The number of benzene rings is 1. The van der Waals surface area contributed by atoms with Gasteiger partial charge in [-0.15, -0.1) is 0 Å². The first-order valence-electron chi connectivity index (χ1n) is 6.43. The van der Waals surface area contributed by atoms with E-state index in [1.807, 2.05) is 26.8 Å². The average Bonchev–Trinajstić information content (AvgIpc) is 2.37. The molecule has 1 aromatic carbocycles. The molecule has 0 saturated heterocycles. The molecule has 0 saturated carbocycles. The minimum Gasteiger partial charge on any atom is -0.393 e. The van der Waals surface area contributed by atoms with Crippen LogP contribution in [0.1, 0.15) is 45.1 Å². The van der Waals surface area contributed by atoms with Crippen LogP contribution in [-0.4, -0.2) is 25.4 Å². The lowest BCUT2D eigenvalue weighted by atomic mass is 9.94. The zero-order chi connectivity index (χ0) is 13.8. The first-order chi connectivity index (χ1) is 8.44. The molecule has 0 heterocycles. The molecule has 4 heteroatoms. The number of aliphatic hydroxyl groups is 1. The smallest absolute Gasteiger partial charge is 0.178 e. The number of aliphatic hydroxyl groups excluding tert-OH is 1. The SMILES string of the molecule is CCCS(=O)(=O)c1ccccc1C(C)C(O)CC. The summed E-state index contributed by atoms with van der Waals surface area (Å²) in [6, 6.07) is 6.99. The van der Waals surface area contributed by atoms with Crippen molar-refractivity contribution in [3.63, 3.8) is 0 Å². The highest BCUT2D eigenvalue weighted by molar-refractivity contribution is 7.91. The molecule has 1 aromatic rings. The molecule has 0 aromatic heterocycles. The van der Waals surface area contributed by atoms with Crippen LogP contribution in [-0.2, 0) is 9.84 Å². The highest BCUT2D eigenvalue weighted by atomic mass is 32.2. The van der Waals surface area contributed by atoms with Crippen molar-refractivity contribution < 1.29 is 13.5 Å². The molecule has 0 amide bonds. The van der Waals surface area contributed by atoms with E-state index < -0.39 is 15.9 Å². The van der Waals surface area contributed by atoms with Crippen LogP contribution < -0.4 is 0 Å². The lowest BCUT2D eigenvalue weighted by Crippen LogP contribution is -2.18. The molecule has 0 aliphatic carbocycles. The van der Waals surface area contributed by atoms with Crippen molar-refractivity contribution in [3.8, 4) is 0 Å². The van der Waals surface area contributed by atoms with E-state index >= 15 is 0 Å². The van der Waals surface area contributed by atoms with Gasteiger partial charge in [-0.1, -0.05) is 39.0 Å². The fourth-order valence-corrected chi connectivity index (χ4v) is 3.74. The summed E-state index contributed by atoms with van der Waals surface area (Å²) in [5, 5.41) is 9.91. The Bertz CT molecular complexity index is 480. The van der Waals surface area contributed by atoms with Crippen molar-refractivity contribution >= 4 is 9.84 Å². The molecular formula is C14H22O3S. The molecule has 0 spiro atoms. The molecule has 2 atom stereocenters. The summed E-state index contributed by atoms with van der Waals surface area (Å²) in [5.41, 5.74) is 0.723. The Hall–Kier alpha value is -0.870. The highest BCUT2D eigenvalue weighted by Gasteiger charge is 2.23. The highest BCUT2D eigenvalue weighted by Crippen LogP contribution is 2.28. The molecule has 0 aliphatic rings. The van der Waals surface area contributed by atoms with Crippen molar-refractivity contribution in [3.05, 3.63) is 29.8 Å².